The molecule has 1 atom stereocenters. The van der Waals surface area contributed by atoms with Gasteiger partial charge in [0, 0.05) is 0 Å². The average molecular weight is 246 g/mol. The van der Waals surface area contributed by atoms with Gasteiger partial charge in [0.2, 0.25) is 5.54 Å². The lowest BCUT2D eigenvalue weighted by molar-refractivity contribution is -0.169. The molecule has 1 unspecified atom stereocenters. The SMILES string of the molecule is CC(C)(C)OC(=O)C(N)(CCCCN)C(=O)O. The highest BCUT2D eigenvalue weighted by molar-refractivity contribution is 6.03. The van der Waals surface area contributed by atoms with Gasteiger partial charge in [0.25, 0.3) is 0 Å². The van der Waals surface area contributed by atoms with Gasteiger partial charge in [-0.2, -0.15) is 0 Å². The molecule has 0 fully saturated rings. The van der Waals surface area contributed by atoms with Crippen molar-refractivity contribution in [2.45, 2.75) is 51.2 Å². The molecule has 100 valence electrons. The number of rotatable bonds is 6. The summed E-state index contributed by atoms with van der Waals surface area (Å²) in [5.74, 6) is -2.28. The van der Waals surface area contributed by atoms with E-state index in [1.807, 2.05) is 0 Å². The van der Waals surface area contributed by atoms with E-state index in [1.165, 1.54) is 0 Å². The summed E-state index contributed by atoms with van der Waals surface area (Å²) in [5, 5.41) is 9.04. The third-order valence-corrected chi connectivity index (χ3v) is 2.17. The van der Waals surface area contributed by atoms with Crippen molar-refractivity contribution in [2.24, 2.45) is 11.5 Å². The summed E-state index contributed by atoms with van der Waals surface area (Å²) in [5.41, 5.74) is 8.18. The van der Waals surface area contributed by atoms with Crippen LogP contribution in [0.3, 0.4) is 0 Å². The number of carbonyl (C=O) groups excluding carboxylic acids is 1. The number of hydrogen-bond acceptors (Lipinski definition) is 5. The molecule has 0 aromatic carbocycles. The molecule has 0 aliphatic carbocycles. The monoisotopic (exact) mass is 246 g/mol. The van der Waals surface area contributed by atoms with Crippen molar-refractivity contribution in [1.29, 1.82) is 0 Å². The van der Waals surface area contributed by atoms with Crippen molar-refractivity contribution in [3.8, 4) is 0 Å². The second-order valence-electron chi connectivity index (χ2n) is 5.02. The molecule has 0 aliphatic heterocycles. The molecular weight excluding hydrogens is 224 g/mol. The number of carboxylic acid groups (broad SMARTS) is 1. The molecule has 6 nitrogen and oxygen atoms in total. The molecule has 0 bridgehead atoms. The fourth-order valence-corrected chi connectivity index (χ4v) is 1.21. The van der Waals surface area contributed by atoms with E-state index in [2.05, 4.69) is 0 Å². The highest BCUT2D eigenvalue weighted by atomic mass is 16.6. The Balaban J connectivity index is 4.70. The first-order valence-corrected chi connectivity index (χ1v) is 5.59. The maximum atomic E-state index is 11.8. The Morgan fingerprint density at radius 3 is 2.12 bits per heavy atom. The fourth-order valence-electron chi connectivity index (χ4n) is 1.21. The highest BCUT2D eigenvalue weighted by Crippen LogP contribution is 2.18. The van der Waals surface area contributed by atoms with Crippen molar-refractivity contribution in [2.75, 3.05) is 6.54 Å². The Labute approximate surface area is 101 Å². The summed E-state index contributed by atoms with van der Waals surface area (Å²) in [6.45, 7) is 5.41. The molecule has 0 aliphatic rings. The van der Waals surface area contributed by atoms with Gasteiger partial charge in [0.15, 0.2) is 0 Å². The lowest BCUT2D eigenvalue weighted by Crippen LogP contribution is -2.57. The summed E-state index contributed by atoms with van der Waals surface area (Å²) in [6, 6.07) is 0. The maximum Gasteiger partial charge on any atom is 0.338 e. The van der Waals surface area contributed by atoms with Gasteiger partial charge >= 0.3 is 11.9 Å². The minimum atomic E-state index is -1.98. The smallest absolute Gasteiger partial charge is 0.338 e. The summed E-state index contributed by atoms with van der Waals surface area (Å²) >= 11 is 0. The lowest BCUT2D eigenvalue weighted by Gasteiger charge is -2.28. The van der Waals surface area contributed by atoms with E-state index in [0.717, 1.165) is 0 Å². The fraction of sp³-hybridized carbons (Fsp3) is 0.818. The molecule has 0 spiro atoms. The normalized spacial score (nSPS) is 15.1. The predicted molar refractivity (Wildman–Crippen MR) is 63.3 cm³/mol. The molecule has 0 radical (unpaired) electrons. The van der Waals surface area contributed by atoms with Crippen LogP contribution in [0.4, 0.5) is 0 Å². The minimum Gasteiger partial charge on any atom is -0.479 e. The minimum absolute atomic E-state index is 0.0223. The molecule has 0 saturated heterocycles. The molecule has 0 heterocycles. The summed E-state index contributed by atoms with van der Waals surface area (Å²) in [6.07, 6.45) is 1.11. The zero-order valence-electron chi connectivity index (χ0n) is 10.7. The second kappa shape index (κ2) is 5.97. The Hall–Kier alpha value is -1.14. The molecule has 0 amide bonds. The predicted octanol–water partition coefficient (Wildman–Crippen LogP) is 0.239. The Kier molecular flexibility index (Phi) is 5.57. The summed E-state index contributed by atoms with van der Waals surface area (Å²) < 4.78 is 5.02. The molecule has 0 aromatic rings. The van der Waals surface area contributed by atoms with Crippen LogP contribution in [0.2, 0.25) is 0 Å². The van der Waals surface area contributed by atoms with Crippen LogP contribution in [0.25, 0.3) is 0 Å². The van der Waals surface area contributed by atoms with Crippen molar-refractivity contribution in [3.63, 3.8) is 0 Å². The van der Waals surface area contributed by atoms with Crippen LogP contribution >= 0.6 is 0 Å². The third-order valence-electron chi connectivity index (χ3n) is 2.17. The van der Waals surface area contributed by atoms with Gasteiger partial charge in [0.1, 0.15) is 5.60 Å². The van der Waals surface area contributed by atoms with Crippen LogP contribution < -0.4 is 11.5 Å². The van der Waals surface area contributed by atoms with Gasteiger partial charge in [-0.3, -0.25) is 0 Å². The van der Waals surface area contributed by atoms with E-state index in [4.69, 9.17) is 21.3 Å². The van der Waals surface area contributed by atoms with Crippen LogP contribution in [0.15, 0.2) is 0 Å². The van der Waals surface area contributed by atoms with Crippen LogP contribution in [0.1, 0.15) is 40.0 Å². The van der Waals surface area contributed by atoms with Gasteiger partial charge in [-0.15, -0.1) is 0 Å². The van der Waals surface area contributed by atoms with Gasteiger partial charge in [-0.05, 0) is 46.6 Å². The van der Waals surface area contributed by atoms with E-state index in [1.54, 1.807) is 20.8 Å². The van der Waals surface area contributed by atoms with E-state index in [0.29, 0.717) is 19.4 Å². The molecule has 0 saturated carbocycles. The molecule has 0 aromatic heterocycles. The van der Waals surface area contributed by atoms with E-state index < -0.39 is 23.1 Å². The Morgan fingerprint density at radius 2 is 1.76 bits per heavy atom. The molecular formula is C11H22N2O4. The standard InChI is InChI=1S/C11H22N2O4/c1-10(2,3)17-9(16)11(13,8(14)15)6-4-5-7-12/h4-7,12-13H2,1-3H3,(H,14,15). The molecule has 0 rings (SSSR count). The molecule has 17 heavy (non-hydrogen) atoms. The van der Waals surface area contributed by atoms with Gasteiger partial charge < -0.3 is 21.3 Å². The molecule has 5 N–H and O–H groups in total. The van der Waals surface area contributed by atoms with Crippen LogP contribution in [-0.2, 0) is 14.3 Å². The quantitative estimate of drug-likeness (QED) is 0.351. The zero-order chi connectivity index (χ0) is 13.7. The van der Waals surface area contributed by atoms with Crippen molar-refractivity contribution in [3.05, 3.63) is 0 Å². The van der Waals surface area contributed by atoms with Gasteiger partial charge in [-0.1, -0.05) is 0 Å². The van der Waals surface area contributed by atoms with Crippen molar-refractivity contribution < 1.29 is 19.4 Å². The average Bonchev–Trinajstić information content (AvgIpc) is 2.14. The number of carboxylic acids is 1. The van der Waals surface area contributed by atoms with E-state index >= 15 is 0 Å². The number of ether oxygens (including phenoxy) is 1. The second-order valence-corrected chi connectivity index (χ2v) is 5.02. The van der Waals surface area contributed by atoms with Crippen LogP contribution in [-0.4, -0.2) is 34.7 Å². The molecule has 6 heteroatoms. The first kappa shape index (κ1) is 15.9. The number of carbonyl (C=O) groups is 2. The van der Waals surface area contributed by atoms with Crippen LogP contribution in [0, 0.1) is 0 Å². The van der Waals surface area contributed by atoms with Gasteiger partial charge in [0.05, 0.1) is 0 Å². The van der Waals surface area contributed by atoms with Crippen LogP contribution in [0.5, 0.6) is 0 Å². The highest BCUT2D eigenvalue weighted by Gasteiger charge is 2.44. The zero-order valence-corrected chi connectivity index (χ0v) is 10.7. The number of hydrogen-bond donors (Lipinski definition) is 3. The Bertz CT molecular complexity index is 286. The van der Waals surface area contributed by atoms with E-state index in [9.17, 15) is 9.59 Å². The van der Waals surface area contributed by atoms with Crippen molar-refractivity contribution in [1.82, 2.24) is 0 Å². The van der Waals surface area contributed by atoms with E-state index in [-0.39, 0.29) is 6.42 Å². The third kappa shape index (κ3) is 5.14. The summed E-state index contributed by atoms with van der Waals surface area (Å²) in [7, 11) is 0. The number of unbranched alkanes of at least 4 members (excludes halogenated alkanes) is 1. The number of esters is 1. The lowest BCUT2D eigenvalue weighted by atomic mass is 9.93. The van der Waals surface area contributed by atoms with Crippen molar-refractivity contribution >= 4 is 11.9 Å². The number of aliphatic carboxylic acids is 1. The first-order valence-electron chi connectivity index (χ1n) is 5.59. The maximum absolute atomic E-state index is 11.8. The Morgan fingerprint density at radius 1 is 1.24 bits per heavy atom. The first-order chi connectivity index (χ1) is 7.63. The largest absolute Gasteiger partial charge is 0.479 e. The topological polar surface area (TPSA) is 116 Å². The van der Waals surface area contributed by atoms with Gasteiger partial charge in [-0.25, -0.2) is 9.59 Å². The summed E-state index contributed by atoms with van der Waals surface area (Å²) in [4.78, 5) is 22.8. The number of nitrogens with two attached hydrogens (primary N) is 2.